The fraction of sp³-hybridized carbons (Fsp3) is 0. The highest BCUT2D eigenvalue weighted by Crippen LogP contribution is 2.11. The Morgan fingerprint density at radius 3 is 2.88 bits per heavy atom. The van der Waals surface area contributed by atoms with Gasteiger partial charge in [-0.25, -0.2) is 4.98 Å². The lowest BCUT2D eigenvalue weighted by Gasteiger charge is -1.98. The molecule has 0 amide bonds. The number of hydrogen-bond donors (Lipinski definition) is 2. The van der Waals surface area contributed by atoms with E-state index in [4.69, 9.17) is 0 Å². The fourth-order valence-corrected chi connectivity index (χ4v) is 1.52. The molecule has 78 valence electrons. The molecule has 6 heteroatoms. The van der Waals surface area contributed by atoms with E-state index in [0.29, 0.717) is 11.2 Å². The molecule has 0 saturated carbocycles. The number of nitrogens with zero attached hydrogens (tertiary/aromatic N) is 3. The van der Waals surface area contributed by atoms with Crippen molar-refractivity contribution < 1.29 is 0 Å². The Kier molecular flexibility index (Phi) is 1.79. The summed E-state index contributed by atoms with van der Waals surface area (Å²) in [5.41, 5.74) is 1.87. The molecule has 0 aliphatic rings. The second-order valence-corrected chi connectivity index (χ2v) is 3.29. The first-order valence-electron chi connectivity index (χ1n) is 4.70. The number of benzene rings is 1. The summed E-state index contributed by atoms with van der Waals surface area (Å²) in [6.45, 7) is 0. The van der Waals surface area contributed by atoms with Gasteiger partial charge in [-0.15, -0.1) is 0 Å². The van der Waals surface area contributed by atoms with Gasteiger partial charge in [0.15, 0.2) is 5.69 Å². The first kappa shape index (κ1) is 8.78. The standard InChI is InChI=1S/C10H7N5O/c16-10-9(8-5-11-15-14-8)12-6-3-1-2-4-7(6)13-10/h1-5H,(H,13,16)(H,11,14,15). The third-order valence-corrected chi connectivity index (χ3v) is 2.26. The molecule has 0 radical (unpaired) electrons. The summed E-state index contributed by atoms with van der Waals surface area (Å²) in [6, 6.07) is 7.33. The van der Waals surface area contributed by atoms with Crippen LogP contribution in [-0.4, -0.2) is 25.4 Å². The van der Waals surface area contributed by atoms with Crippen LogP contribution in [0, 0.1) is 0 Å². The van der Waals surface area contributed by atoms with Crippen LogP contribution in [0.1, 0.15) is 0 Å². The summed E-state index contributed by atoms with van der Waals surface area (Å²) < 4.78 is 0. The van der Waals surface area contributed by atoms with Crippen molar-refractivity contribution in [3.63, 3.8) is 0 Å². The van der Waals surface area contributed by atoms with E-state index in [0.717, 1.165) is 5.52 Å². The smallest absolute Gasteiger partial charge is 0.276 e. The Morgan fingerprint density at radius 1 is 1.19 bits per heavy atom. The Labute approximate surface area is 89.4 Å². The van der Waals surface area contributed by atoms with E-state index in [2.05, 4.69) is 25.4 Å². The molecule has 16 heavy (non-hydrogen) atoms. The second kappa shape index (κ2) is 3.27. The summed E-state index contributed by atoms with van der Waals surface area (Å²) in [4.78, 5) is 18.7. The predicted octanol–water partition coefficient (Wildman–Crippen LogP) is 0.708. The molecule has 3 aromatic rings. The molecule has 0 fully saturated rings. The number of H-pyrrole nitrogens is 2. The second-order valence-electron chi connectivity index (χ2n) is 3.29. The van der Waals surface area contributed by atoms with Crippen molar-refractivity contribution in [2.45, 2.75) is 0 Å². The Morgan fingerprint density at radius 2 is 2.06 bits per heavy atom. The molecule has 6 nitrogen and oxygen atoms in total. The number of nitrogens with one attached hydrogen (secondary N) is 2. The molecule has 0 atom stereocenters. The minimum Gasteiger partial charge on any atom is -0.319 e. The number of rotatable bonds is 1. The van der Waals surface area contributed by atoms with Crippen molar-refractivity contribution in [1.29, 1.82) is 0 Å². The van der Waals surface area contributed by atoms with Crippen LogP contribution in [0.15, 0.2) is 35.3 Å². The molecule has 2 heterocycles. The van der Waals surface area contributed by atoms with Gasteiger partial charge in [-0.1, -0.05) is 12.1 Å². The summed E-state index contributed by atoms with van der Waals surface area (Å²) in [7, 11) is 0. The van der Waals surface area contributed by atoms with Gasteiger partial charge >= 0.3 is 0 Å². The van der Waals surface area contributed by atoms with Crippen molar-refractivity contribution in [2.24, 2.45) is 0 Å². The summed E-state index contributed by atoms with van der Waals surface area (Å²) in [5.74, 6) is 0. The lowest BCUT2D eigenvalue weighted by Crippen LogP contribution is -2.11. The molecule has 0 spiro atoms. The third-order valence-electron chi connectivity index (χ3n) is 2.26. The van der Waals surface area contributed by atoms with E-state index in [9.17, 15) is 4.79 Å². The Bertz CT molecular complexity index is 686. The summed E-state index contributed by atoms with van der Waals surface area (Å²) in [5, 5.41) is 9.94. The predicted molar refractivity (Wildman–Crippen MR) is 57.7 cm³/mol. The van der Waals surface area contributed by atoms with Crippen molar-refractivity contribution >= 4 is 11.0 Å². The van der Waals surface area contributed by atoms with Crippen molar-refractivity contribution in [3.8, 4) is 11.4 Å². The van der Waals surface area contributed by atoms with Crippen LogP contribution < -0.4 is 5.56 Å². The van der Waals surface area contributed by atoms with Gasteiger partial charge in [-0.2, -0.15) is 15.4 Å². The topological polar surface area (TPSA) is 87.3 Å². The minimum absolute atomic E-state index is 0.271. The monoisotopic (exact) mass is 213 g/mol. The lowest BCUT2D eigenvalue weighted by molar-refractivity contribution is 0.940. The molecular weight excluding hydrogens is 206 g/mol. The number of fused-ring (bicyclic) bond motifs is 1. The van der Waals surface area contributed by atoms with Crippen molar-refractivity contribution in [3.05, 3.63) is 40.8 Å². The zero-order valence-electron chi connectivity index (χ0n) is 8.14. The van der Waals surface area contributed by atoms with Crippen LogP contribution in [0.4, 0.5) is 0 Å². The zero-order valence-corrected chi connectivity index (χ0v) is 8.14. The molecule has 2 N–H and O–H groups in total. The average Bonchev–Trinajstić information content (AvgIpc) is 2.81. The molecule has 2 aromatic heterocycles. The van der Waals surface area contributed by atoms with Crippen molar-refractivity contribution in [2.75, 3.05) is 0 Å². The Hall–Kier alpha value is -2.50. The highest BCUT2D eigenvalue weighted by molar-refractivity contribution is 5.76. The number of para-hydroxylation sites is 2. The zero-order chi connectivity index (χ0) is 11.0. The first-order valence-corrected chi connectivity index (χ1v) is 4.70. The molecule has 0 aliphatic carbocycles. The third kappa shape index (κ3) is 1.28. The number of hydrogen-bond acceptors (Lipinski definition) is 4. The van der Waals surface area contributed by atoms with E-state index in [1.165, 1.54) is 6.20 Å². The molecule has 0 unspecified atom stereocenters. The van der Waals surface area contributed by atoms with Gasteiger partial charge < -0.3 is 4.98 Å². The lowest BCUT2D eigenvalue weighted by atomic mass is 10.2. The van der Waals surface area contributed by atoms with Crippen LogP contribution in [0.2, 0.25) is 0 Å². The molecule has 0 bridgehead atoms. The molecule has 0 aliphatic heterocycles. The fourth-order valence-electron chi connectivity index (χ4n) is 1.52. The van der Waals surface area contributed by atoms with E-state index in [1.54, 1.807) is 6.07 Å². The quantitative estimate of drug-likeness (QED) is 0.623. The minimum atomic E-state index is -0.271. The van der Waals surface area contributed by atoms with E-state index in [1.807, 2.05) is 18.2 Å². The van der Waals surface area contributed by atoms with Gasteiger partial charge in [0.25, 0.3) is 5.56 Å². The molecular formula is C10H7N5O. The maximum absolute atomic E-state index is 11.7. The normalized spacial score (nSPS) is 10.8. The van der Waals surface area contributed by atoms with Gasteiger partial charge in [0.2, 0.25) is 0 Å². The van der Waals surface area contributed by atoms with Gasteiger partial charge in [-0.05, 0) is 12.1 Å². The SMILES string of the molecule is O=c1[nH]c2ccccc2nc1-c1cn[nH]n1. The maximum Gasteiger partial charge on any atom is 0.276 e. The van der Waals surface area contributed by atoms with Gasteiger partial charge in [0.1, 0.15) is 5.69 Å². The largest absolute Gasteiger partial charge is 0.319 e. The molecule has 1 aromatic carbocycles. The van der Waals surface area contributed by atoms with Crippen LogP contribution in [0.3, 0.4) is 0 Å². The molecule has 0 saturated heterocycles. The summed E-state index contributed by atoms with van der Waals surface area (Å²) >= 11 is 0. The van der Waals surface area contributed by atoms with Gasteiger partial charge in [0.05, 0.1) is 17.2 Å². The Balaban J connectivity index is 2.34. The highest BCUT2D eigenvalue weighted by Gasteiger charge is 2.09. The maximum atomic E-state index is 11.7. The molecule has 3 rings (SSSR count). The summed E-state index contributed by atoms with van der Waals surface area (Å²) in [6.07, 6.45) is 1.46. The number of aromatic nitrogens is 5. The van der Waals surface area contributed by atoms with E-state index in [-0.39, 0.29) is 11.3 Å². The highest BCUT2D eigenvalue weighted by atomic mass is 16.1. The van der Waals surface area contributed by atoms with Crippen LogP contribution >= 0.6 is 0 Å². The first-order chi connectivity index (χ1) is 7.84. The van der Waals surface area contributed by atoms with Gasteiger partial charge in [0, 0.05) is 0 Å². The average molecular weight is 213 g/mol. The van der Waals surface area contributed by atoms with Crippen LogP contribution in [0.5, 0.6) is 0 Å². The van der Waals surface area contributed by atoms with E-state index < -0.39 is 0 Å². The van der Waals surface area contributed by atoms with Crippen LogP contribution in [0.25, 0.3) is 22.4 Å². The van der Waals surface area contributed by atoms with Crippen molar-refractivity contribution in [1.82, 2.24) is 25.4 Å². The van der Waals surface area contributed by atoms with E-state index >= 15 is 0 Å². The number of aromatic amines is 2. The van der Waals surface area contributed by atoms with Crippen LogP contribution in [-0.2, 0) is 0 Å². The van der Waals surface area contributed by atoms with Gasteiger partial charge in [-0.3, -0.25) is 4.79 Å².